The molecule has 4 aliphatic carbocycles. The van der Waals surface area contributed by atoms with Gasteiger partial charge in [-0.1, -0.05) is 18.6 Å². The van der Waals surface area contributed by atoms with Gasteiger partial charge in [0.1, 0.15) is 6.10 Å². The van der Waals surface area contributed by atoms with E-state index in [-0.39, 0.29) is 30.4 Å². The summed E-state index contributed by atoms with van der Waals surface area (Å²) in [6.45, 7) is 7.55. The van der Waals surface area contributed by atoms with E-state index in [9.17, 15) is 4.79 Å². The molecule has 6 heteroatoms. The van der Waals surface area contributed by atoms with Crippen molar-refractivity contribution in [1.82, 2.24) is 9.80 Å². The van der Waals surface area contributed by atoms with Gasteiger partial charge in [-0.25, -0.2) is 4.79 Å². The lowest BCUT2D eigenvalue weighted by Crippen LogP contribution is -2.53. The summed E-state index contributed by atoms with van der Waals surface area (Å²) >= 11 is 0. The zero-order valence-corrected chi connectivity index (χ0v) is 22.8. The molecule has 36 heavy (non-hydrogen) atoms. The first-order valence-corrected chi connectivity index (χ1v) is 14.9. The highest BCUT2D eigenvalue weighted by molar-refractivity contribution is 5.68. The molecule has 7 aliphatic rings. The number of fused-ring (bicyclic) bond motifs is 5. The van der Waals surface area contributed by atoms with Gasteiger partial charge >= 0.3 is 6.09 Å². The minimum Gasteiger partial charge on any atom is -0.443 e. The molecule has 6 nitrogen and oxygen atoms in total. The van der Waals surface area contributed by atoms with Crippen molar-refractivity contribution in [3.63, 3.8) is 0 Å². The fraction of sp³-hybridized carbons (Fsp3) is 0.900. The third-order valence-electron chi connectivity index (χ3n) is 12.8. The summed E-state index contributed by atoms with van der Waals surface area (Å²) in [6, 6.07) is 0.992. The summed E-state index contributed by atoms with van der Waals surface area (Å²) in [5.41, 5.74) is 2.54. The average molecular weight is 499 g/mol. The minimum atomic E-state index is -0.185. The molecular formula is C30H46N2O4. The van der Waals surface area contributed by atoms with Gasteiger partial charge in [0.25, 0.3) is 0 Å². The van der Waals surface area contributed by atoms with Crippen molar-refractivity contribution in [2.24, 2.45) is 40.4 Å². The molecule has 3 heterocycles. The summed E-state index contributed by atoms with van der Waals surface area (Å²) in [5.74, 6) is 3.71. The van der Waals surface area contributed by atoms with Gasteiger partial charge < -0.3 is 24.0 Å². The number of hydrogen-bond donors (Lipinski definition) is 0. The van der Waals surface area contributed by atoms with Crippen LogP contribution in [0.1, 0.15) is 71.6 Å². The maximum absolute atomic E-state index is 13.1. The summed E-state index contributed by atoms with van der Waals surface area (Å²) in [4.78, 5) is 17.7. The second-order valence-electron chi connectivity index (χ2n) is 13.8. The molecule has 3 saturated carbocycles. The Morgan fingerprint density at radius 1 is 1.08 bits per heavy atom. The van der Waals surface area contributed by atoms with Crippen molar-refractivity contribution in [3.8, 4) is 0 Å². The first kappa shape index (κ1) is 24.0. The number of amides is 1. The molecule has 1 amide bonds. The predicted molar refractivity (Wildman–Crippen MR) is 137 cm³/mol. The van der Waals surface area contributed by atoms with Gasteiger partial charge in [-0.15, -0.1) is 0 Å². The second kappa shape index (κ2) is 8.44. The highest BCUT2D eigenvalue weighted by Crippen LogP contribution is 2.68. The molecule has 0 aromatic carbocycles. The molecule has 11 atom stereocenters. The van der Waals surface area contributed by atoms with Crippen LogP contribution in [0.3, 0.4) is 0 Å². The smallest absolute Gasteiger partial charge is 0.410 e. The molecule has 7 rings (SSSR count). The Hall–Kier alpha value is -1.11. The lowest BCUT2D eigenvalue weighted by Gasteiger charge is -2.58. The van der Waals surface area contributed by atoms with Crippen LogP contribution in [0, 0.1) is 40.4 Å². The van der Waals surface area contributed by atoms with E-state index in [2.05, 4.69) is 31.9 Å². The monoisotopic (exact) mass is 498 g/mol. The fourth-order valence-electron chi connectivity index (χ4n) is 10.7. The van der Waals surface area contributed by atoms with E-state index in [1.807, 2.05) is 11.9 Å². The average Bonchev–Trinajstić information content (AvgIpc) is 3.61. The Labute approximate surface area is 217 Å². The molecule has 0 aromatic rings. The third kappa shape index (κ3) is 3.29. The number of rotatable bonds is 2. The lowest BCUT2D eigenvalue weighted by molar-refractivity contribution is -0.0907. The normalized spacial score (nSPS) is 51.6. The van der Waals surface area contributed by atoms with Crippen LogP contribution in [0.5, 0.6) is 0 Å². The SMILES string of the molecule is C[C@H]1[C@H]2CC[C@H]3[C@@H]4CC=C5C[C@@H](N(C)C(=O)OC6COC7OCCC67)CC[C@]5(C)[C@H]4CCC23CN1C. The molecular weight excluding hydrogens is 452 g/mol. The van der Waals surface area contributed by atoms with Gasteiger partial charge in [-0.2, -0.15) is 0 Å². The van der Waals surface area contributed by atoms with Crippen LogP contribution in [0.4, 0.5) is 4.79 Å². The Bertz CT molecular complexity index is 938. The van der Waals surface area contributed by atoms with Gasteiger partial charge in [0.2, 0.25) is 0 Å². The van der Waals surface area contributed by atoms with E-state index in [1.165, 1.54) is 45.1 Å². The fourth-order valence-corrected chi connectivity index (χ4v) is 10.7. The molecule has 3 saturated heterocycles. The highest BCUT2D eigenvalue weighted by atomic mass is 16.7. The largest absolute Gasteiger partial charge is 0.443 e. The van der Waals surface area contributed by atoms with E-state index < -0.39 is 0 Å². The number of carbonyl (C=O) groups excluding carboxylic acids is 1. The Morgan fingerprint density at radius 2 is 1.92 bits per heavy atom. The Balaban J connectivity index is 1.04. The summed E-state index contributed by atoms with van der Waals surface area (Å²) in [6.07, 6.45) is 13.3. The third-order valence-corrected chi connectivity index (χ3v) is 12.8. The van der Waals surface area contributed by atoms with Crippen molar-refractivity contribution in [2.45, 2.75) is 96.1 Å². The van der Waals surface area contributed by atoms with E-state index >= 15 is 0 Å². The maximum atomic E-state index is 13.1. The number of nitrogens with zero attached hydrogens (tertiary/aromatic N) is 2. The van der Waals surface area contributed by atoms with Crippen molar-refractivity contribution >= 4 is 6.09 Å². The Kier molecular flexibility index (Phi) is 5.62. The van der Waals surface area contributed by atoms with Crippen LogP contribution in [0.25, 0.3) is 0 Å². The molecule has 4 unspecified atom stereocenters. The van der Waals surface area contributed by atoms with Gasteiger partial charge in [0.05, 0.1) is 19.1 Å². The summed E-state index contributed by atoms with van der Waals surface area (Å²) in [5, 5.41) is 0. The molecule has 0 N–H and O–H groups in total. The van der Waals surface area contributed by atoms with Crippen LogP contribution < -0.4 is 0 Å². The van der Waals surface area contributed by atoms with Crippen molar-refractivity contribution in [3.05, 3.63) is 11.6 Å². The van der Waals surface area contributed by atoms with Gasteiger partial charge in [-0.05, 0) is 106 Å². The van der Waals surface area contributed by atoms with Crippen LogP contribution >= 0.6 is 0 Å². The van der Waals surface area contributed by atoms with Crippen molar-refractivity contribution < 1.29 is 19.0 Å². The predicted octanol–water partition coefficient (Wildman–Crippen LogP) is 5.08. The zero-order chi connectivity index (χ0) is 24.8. The van der Waals surface area contributed by atoms with E-state index in [0.717, 1.165) is 49.0 Å². The molecule has 0 radical (unpaired) electrons. The van der Waals surface area contributed by atoms with E-state index in [0.29, 0.717) is 24.0 Å². The van der Waals surface area contributed by atoms with Gasteiger partial charge in [0, 0.05) is 25.7 Å². The quantitative estimate of drug-likeness (QED) is 0.497. The molecule has 0 aromatic heterocycles. The van der Waals surface area contributed by atoms with E-state index in [4.69, 9.17) is 14.2 Å². The standard InChI is InChI=1S/C30H46N2O4/c1-18-23-7-8-25-21-6-5-19-15-20(32(4)28(33)36-26-16-35-27-22(26)11-14-34-27)9-12-29(19,2)24(21)10-13-30(23,25)17-31(18)3/h5,18,20-27H,6-17H2,1-4H3/t18-,20-,21+,22?,23+,24-,25-,26?,27?,29-,30?/m0/s1. The minimum absolute atomic E-state index is 0.168. The maximum Gasteiger partial charge on any atom is 0.410 e. The van der Waals surface area contributed by atoms with Gasteiger partial charge in [0.15, 0.2) is 6.29 Å². The lowest BCUT2D eigenvalue weighted by atomic mass is 9.47. The molecule has 3 aliphatic heterocycles. The van der Waals surface area contributed by atoms with Crippen LogP contribution in [-0.2, 0) is 14.2 Å². The highest BCUT2D eigenvalue weighted by Gasteiger charge is 2.64. The number of likely N-dealkylation sites (tertiary alicyclic amines) is 1. The summed E-state index contributed by atoms with van der Waals surface area (Å²) in [7, 11) is 4.31. The number of allylic oxidation sites excluding steroid dienone is 1. The van der Waals surface area contributed by atoms with Crippen LogP contribution in [0.15, 0.2) is 11.6 Å². The van der Waals surface area contributed by atoms with Gasteiger partial charge in [-0.3, -0.25) is 0 Å². The van der Waals surface area contributed by atoms with Crippen LogP contribution in [-0.4, -0.2) is 74.2 Å². The Morgan fingerprint density at radius 3 is 2.78 bits per heavy atom. The topological polar surface area (TPSA) is 51.2 Å². The molecule has 0 bridgehead atoms. The first-order chi connectivity index (χ1) is 17.3. The molecule has 1 spiro atoms. The molecule has 6 fully saturated rings. The number of ether oxygens (including phenoxy) is 3. The van der Waals surface area contributed by atoms with Crippen LogP contribution in [0.2, 0.25) is 0 Å². The first-order valence-electron chi connectivity index (χ1n) is 14.9. The zero-order valence-electron chi connectivity index (χ0n) is 22.8. The van der Waals surface area contributed by atoms with E-state index in [1.54, 1.807) is 5.57 Å². The number of carbonyl (C=O) groups is 1. The van der Waals surface area contributed by atoms with Crippen molar-refractivity contribution in [2.75, 3.05) is 33.9 Å². The summed E-state index contributed by atoms with van der Waals surface area (Å²) < 4.78 is 17.2. The van der Waals surface area contributed by atoms with Crippen molar-refractivity contribution in [1.29, 1.82) is 0 Å². The molecule has 200 valence electrons. The number of hydrogen-bond acceptors (Lipinski definition) is 5. The second-order valence-corrected chi connectivity index (χ2v) is 13.8.